The zero-order chi connectivity index (χ0) is 27.8. The van der Waals surface area contributed by atoms with Crippen molar-refractivity contribution in [2.24, 2.45) is 0 Å². The van der Waals surface area contributed by atoms with Crippen LogP contribution in [0.1, 0.15) is 99.8 Å². The van der Waals surface area contributed by atoms with Crippen molar-refractivity contribution in [3.8, 4) is 0 Å². The monoisotopic (exact) mass is 549 g/mol. The Morgan fingerprint density at radius 3 is 1.61 bits per heavy atom. The van der Waals surface area contributed by atoms with Crippen molar-refractivity contribution in [1.82, 2.24) is 4.90 Å². The molecule has 1 N–H and O–H groups in total. The van der Waals surface area contributed by atoms with Gasteiger partial charge < -0.3 is 27.7 Å². The van der Waals surface area contributed by atoms with Gasteiger partial charge in [0.25, 0.3) is 0 Å². The molecule has 0 aliphatic heterocycles. The highest BCUT2D eigenvalue weighted by Gasteiger charge is 2.48. The summed E-state index contributed by atoms with van der Waals surface area (Å²) in [5, 5.41) is 10.2. The van der Waals surface area contributed by atoms with Crippen molar-refractivity contribution >= 4 is 23.1 Å². The molecule has 0 heterocycles. The molecule has 36 heavy (non-hydrogen) atoms. The highest BCUT2D eigenvalue weighted by atomic mass is 28.4. The van der Waals surface area contributed by atoms with Gasteiger partial charge in [-0.15, -0.1) is 0 Å². The number of carbonyl (C=O) groups is 1. The first-order valence-electron chi connectivity index (χ1n) is 14.2. The Balaban J connectivity index is 5.47. The Hall–Kier alpha value is -0.296. The lowest BCUT2D eigenvalue weighted by atomic mass is 10.1. The zero-order valence-corrected chi connectivity index (χ0v) is 27.2. The smallest absolute Gasteiger partial charge is 0.479 e. The van der Waals surface area contributed by atoms with E-state index in [1.165, 1.54) is 38.5 Å². The van der Waals surface area contributed by atoms with Crippen molar-refractivity contribution in [3.05, 3.63) is 0 Å². The van der Waals surface area contributed by atoms with Crippen molar-refractivity contribution in [3.63, 3.8) is 0 Å². The second-order valence-electron chi connectivity index (χ2n) is 11.1. The highest BCUT2D eigenvalue weighted by molar-refractivity contribution is 6.77. The summed E-state index contributed by atoms with van der Waals surface area (Å²) in [6.07, 6.45) is 8.64. The summed E-state index contributed by atoms with van der Waals surface area (Å²) in [7, 11) is -0.0593. The molecule has 0 spiro atoms. The normalized spacial score (nSPS) is 13.9. The van der Waals surface area contributed by atoms with Crippen LogP contribution in [0.15, 0.2) is 0 Å². The number of aliphatic carboxylic acids is 1. The van der Waals surface area contributed by atoms with Crippen LogP contribution in [-0.4, -0.2) is 80.2 Å². The minimum atomic E-state index is -2.65. The first-order chi connectivity index (χ1) is 17.0. The van der Waals surface area contributed by atoms with Gasteiger partial charge in [-0.05, 0) is 42.6 Å². The third kappa shape index (κ3) is 11.6. The van der Waals surface area contributed by atoms with Gasteiger partial charge in [0.15, 0.2) is 6.10 Å². The van der Waals surface area contributed by atoms with Crippen LogP contribution in [0.25, 0.3) is 0 Å². The molecule has 216 valence electrons. The van der Waals surface area contributed by atoms with Gasteiger partial charge in [0, 0.05) is 33.9 Å². The second kappa shape index (κ2) is 18.9. The van der Waals surface area contributed by atoms with E-state index >= 15 is 0 Å². The van der Waals surface area contributed by atoms with Gasteiger partial charge in [0.1, 0.15) is 0 Å². The summed E-state index contributed by atoms with van der Waals surface area (Å²) in [6, 6.07) is 0.700. The molecule has 0 rings (SSSR count). The number of hydrogen-bond acceptors (Lipinski definition) is 6. The van der Waals surface area contributed by atoms with Crippen LogP contribution in [0.4, 0.5) is 0 Å². The van der Waals surface area contributed by atoms with Gasteiger partial charge in [-0.2, -0.15) is 0 Å². The van der Waals surface area contributed by atoms with E-state index in [0.29, 0.717) is 29.2 Å². The largest absolute Gasteiger partial charge is 0.500 e. The van der Waals surface area contributed by atoms with Crippen LogP contribution in [0, 0.1) is 0 Å². The summed E-state index contributed by atoms with van der Waals surface area (Å²) in [5.74, 6) is -0.854. The van der Waals surface area contributed by atoms with Gasteiger partial charge in [-0.1, -0.05) is 87.0 Å². The maximum absolute atomic E-state index is 12.4. The van der Waals surface area contributed by atoms with Crippen molar-refractivity contribution in [2.75, 3.05) is 41.0 Å². The molecule has 0 saturated carbocycles. The molecule has 0 aliphatic rings. The van der Waals surface area contributed by atoms with Gasteiger partial charge in [0.2, 0.25) is 8.32 Å². The quantitative estimate of drug-likeness (QED) is 0.109. The molecule has 0 saturated heterocycles. The molecule has 0 fully saturated rings. The van der Waals surface area contributed by atoms with Crippen LogP contribution >= 0.6 is 0 Å². The summed E-state index contributed by atoms with van der Waals surface area (Å²) < 4.78 is 23.5. The molecule has 0 bridgehead atoms. The third-order valence-corrected chi connectivity index (χ3v) is 16.7. The average molecular weight is 550 g/mol. The molecule has 0 amide bonds. The Labute approximate surface area is 225 Å². The van der Waals surface area contributed by atoms with E-state index < -0.39 is 29.2 Å². The Kier molecular flexibility index (Phi) is 18.7. The van der Waals surface area contributed by atoms with Gasteiger partial charge >= 0.3 is 14.8 Å². The van der Waals surface area contributed by atoms with Crippen LogP contribution in [0.2, 0.25) is 22.7 Å². The van der Waals surface area contributed by atoms with Crippen LogP contribution in [-0.2, 0) is 22.5 Å². The average Bonchev–Trinajstić information content (AvgIpc) is 2.82. The minimum Gasteiger partial charge on any atom is -0.479 e. The molecule has 0 aromatic heterocycles. The Bertz CT molecular complexity index is 542. The Morgan fingerprint density at radius 1 is 0.750 bits per heavy atom. The lowest BCUT2D eigenvalue weighted by molar-refractivity contribution is -0.146. The number of hydrogen-bond donors (Lipinski definition) is 1. The van der Waals surface area contributed by atoms with Crippen LogP contribution in [0.3, 0.4) is 0 Å². The molecule has 1 atom stereocenters. The first-order valence-corrected chi connectivity index (χ1v) is 18.3. The van der Waals surface area contributed by atoms with Gasteiger partial charge in [-0.25, -0.2) is 4.79 Å². The first kappa shape index (κ1) is 35.7. The van der Waals surface area contributed by atoms with E-state index in [1.54, 1.807) is 21.3 Å². The third-order valence-electron chi connectivity index (χ3n) is 7.72. The predicted octanol–water partition coefficient (Wildman–Crippen LogP) is 6.95. The summed E-state index contributed by atoms with van der Waals surface area (Å²) in [4.78, 5) is 14.7. The molecule has 9 heteroatoms. The summed E-state index contributed by atoms with van der Waals surface area (Å²) in [5.41, 5.74) is 1.02. The molecular weight excluding hydrogens is 490 g/mol. The van der Waals surface area contributed by atoms with Gasteiger partial charge in [0.05, 0.1) is 0 Å². The number of rotatable bonds is 23. The van der Waals surface area contributed by atoms with E-state index in [4.69, 9.17) is 17.7 Å². The molecule has 7 nitrogen and oxygen atoms in total. The minimum absolute atomic E-state index is 0.340. The zero-order valence-electron chi connectivity index (χ0n) is 25.2. The molecule has 0 aromatic rings. The standard InChI is InChI=1S/C27H59NO6Si2/c1-11-12-13-14-15-16-17-19-28(20-18-21-35(31-8,32-9)33-10)22-26(27(29)30)34-36(23(2)3,24(4)5)25(6)7/h23-26H,11-22H2,1-10H3,(H,29,30). The second-order valence-corrected chi connectivity index (χ2v) is 19.6. The fourth-order valence-corrected chi connectivity index (χ4v) is 12.9. The Morgan fingerprint density at radius 2 is 1.19 bits per heavy atom. The molecule has 0 aliphatic carbocycles. The van der Waals surface area contributed by atoms with Crippen molar-refractivity contribution in [2.45, 2.75) is 129 Å². The fraction of sp³-hybridized carbons (Fsp3) is 0.963. The molecule has 1 unspecified atom stereocenters. The number of carboxylic acids is 1. The van der Waals surface area contributed by atoms with Crippen molar-refractivity contribution < 1.29 is 27.6 Å². The van der Waals surface area contributed by atoms with E-state index in [-0.39, 0.29) is 0 Å². The van der Waals surface area contributed by atoms with Crippen molar-refractivity contribution in [1.29, 1.82) is 0 Å². The fourth-order valence-electron chi connectivity index (χ4n) is 5.72. The predicted molar refractivity (Wildman–Crippen MR) is 154 cm³/mol. The van der Waals surface area contributed by atoms with E-state index in [9.17, 15) is 9.90 Å². The van der Waals surface area contributed by atoms with E-state index in [2.05, 4.69) is 53.4 Å². The highest BCUT2D eigenvalue weighted by Crippen LogP contribution is 2.43. The van der Waals surface area contributed by atoms with E-state index in [0.717, 1.165) is 25.9 Å². The summed E-state index contributed by atoms with van der Waals surface area (Å²) in [6.45, 7) is 17.5. The number of nitrogens with zero attached hydrogens (tertiary/aromatic N) is 1. The maximum atomic E-state index is 12.4. The lowest BCUT2D eigenvalue weighted by Crippen LogP contribution is -2.54. The SMILES string of the molecule is CCCCCCCCCN(CCC[Si](OC)(OC)OC)CC(O[Si](C(C)C)(C(C)C)C(C)C)C(=O)O. The van der Waals surface area contributed by atoms with E-state index in [1.807, 2.05) is 0 Å². The van der Waals surface area contributed by atoms with Crippen LogP contribution < -0.4 is 0 Å². The van der Waals surface area contributed by atoms with Gasteiger partial charge in [-0.3, -0.25) is 0 Å². The number of unbranched alkanes of at least 4 members (excludes halogenated alkanes) is 6. The maximum Gasteiger partial charge on any atom is 0.500 e. The molecule has 0 radical (unpaired) electrons. The summed E-state index contributed by atoms with van der Waals surface area (Å²) >= 11 is 0. The topological polar surface area (TPSA) is 77.5 Å². The molecule has 0 aromatic carbocycles. The van der Waals surface area contributed by atoms with Crippen LogP contribution in [0.5, 0.6) is 0 Å². The number of carboxylic acid groups (broad SMARTS) is 1. The molecular formula is C27H59NO6Si2. The lowest BCUT2D eigenvalue weighted by Gasteiger charge is -2.44.